The lowest BCUT2D eigenvalue weighted by atomic mass is 9.88. The highest BCUT2D eigenvalue weighted by atomic mass is 16.5. The quantitative estimate of drug-likeness (QED) is 0.407. The van der Waals surface area contributed by atoms with Crippen LogP contribution in [0.1, 0.15) is 63.5 Å². The molecule has 0 aliphatic carbocycles. The summed E-state index contributed by atoms with van der Waals surface area (Å²) in [6, 6.07) is 11.5. The number of carbonyl (C=O) groups excluding carboxylic acids is 2. The van der Waals surface area contributed by atoms with Gasteiger partial charge in [-0.3, -0.25) is 4.79 Å². The first kappa shape index (κ1) is 28.1. The molecule has 3 atom stereocenters. The number of nitrogens with one attached hydrogen (secondary N) is 1. The lowest BCUT2D eigenvalue weighted by molar-refractivity contribution is -0.160. The molecule has 0 spiro atoms. The minimum Gasteiger partial charge on any atom is -0.503 e. The number of methoxy groups -OCH3 is 1. The van der Waals surface area contributed by atoms with E-state index >= 15 is 0 Å². The molecule has 2 rings (SSSR count). The Balaban J connectivity index is 2.17. The Morgan fingerprint density at radius 1 is 1.14 bits per heavy atom. The van der Waals surface area contributed by atoms with Gasteiger partial charge in [0.05, 0.1) is 13.2 Å². The van der Waals surface area contributed by atoms with Crippen molar-refractivity contribution in [2.45, 2.75) is 71.6 Å². The third kappa shape index (κ3) is 7.68. The van der Waals surface area contributed by atoms with Crippen LogP contribution in [-0.2, 0) is 20.7 Å². The van der Waals surface area contributed by atoms with Crippen LogP contribution in [0.3, 0.4) is 0 Å². The highest BCUT2D eigenvalue weighted by Gasteiger charge is 2.37. The van der Waals surface area contributed by atoms with E-state index in [9.17, 15) is 14.7 Å². The van der Waals surface area contributed by atoms with Crippen LogP contribution in [0, 0.1) is 5.92 Å². The van der Waals surface area contributed by atoms with Crippen molar-refractivity contribution in [1.82, 2.24) is 10.3 Å². The number of rotatable bonds is 13. The Morgan fingerprint density at radius 3 is 2.43 bits per heavy atom. The largest absolute Gasteiger partial charge is 0.503 e. The number of hydrogen-bond donors (Lipinski definition) is 2. The third-order valence-corrected chi connectivity index (χ3v) is 5.88. The second-order valence-corrected chi connectivity index (χ2v) is 9.07. The maximum Gasteiger partial charge on any atom is 0.331 e. The standard InChI is InChI=1S/C27H38N2O6/c1-7-16-34-21(8-2)20(17-19-12-10-9-11-13-19)18(3)35-26(32)27(4,5)29-25(31)23-24(30)22(33-6)14-15-28-23/h9-15,18,20-21,30H,7-8,16-17H2,1-6H3,(H,29,31)/t18-,20-,21-/m0/s1. The Hall–Kier alpha value is -3.13. The van der Waals surface area contributed by atoms with Crippen LogP contribution in [0.5, 0.6) is 11.5 Å². The summed E-state index contributed by atoms with van der Waals surface area (Å²) in [5.74, 6) is -1.67. The molecule has 0 bridgehead atoms. The van der Waals surface area contributed by atoms with E-state index in [1.807, 2.05) is 37.3 Å². The molecule has 0 aliphatic rings. The fourth-order valence-corrected chi connectivity index (χ4v) is 3.86. The van der Waals surface area contributed by atoms with Crippen LogP contribution in [0.2, 0.25) is 0 Å². The second-order valence-electron chi connectivity index (χ2n) is 9.07. The summed E-state index contributed by atoms with van der Waals surface area (Å²) in [6.45, 7) is 9.70. The van der Waals surface area contributed by atoms with Gasteiger partial charge in [0.25, 0.3) is 5.91 Å². The number of benzene rings is 1. The molecular weight excluding hydrogens is 448 g/mol. The zero-order valence-electron chi connectivity index (χ0n) is 21.5. The van der Waals surface area contributed by atoms with E-state index in [-0.39, 0.29) is 23.5 Å². The minimum absolute atomic E-state index is 0.0755. The topological polar surface area (TPSA) is 107 Å². The summed E-state index contributed by atoms with van der Waals surface area (Å²) in [5, 5.41) is 12.8. The van der Waals surface area contributed by atoms with Gasteiger partial charge in [0, 0.05) is 24.8 Å². The molecule has 1 amide bonds. The molecule has 35 heavy (non-hydrogen) atoms. The number of aromatic nitrogens is 1. The SMILES string of the molecule is CCCO[C@@H](CC)[C@@H](Cc1ccccc1)[C@H](C)OC(=O)C(C)(C)NC(=O)c1nccc(OC)c1O. The third-order valence-electron chi connectivity index (χ3n) is 5.88. The van der Waals surface area contributed by atoms with Gasteiger partial charge in [-0.1, -0.05) is 44.2 Å². The lowest BCUT2D eigenvalue weighted by Gasteiger charge is -2.33. The van der Waals surface area contributed by atoms with Crippen molar-refractivity contribution < 1.29 is 28.9 Å². The maximum atomic E-state index is 13.1. The molecular formula is C27H38N2O6. The fourth-order valence-electron chi connectivity index (χ4n) is 3.86. The summed E-state index contributed by atoms with van der Waals surface area (Å²) in [4.78, 5) is 29.8. The maximum absolute atomic E-state index is 13.1. The van der Waals surface area contributed by atoms with Crippen molar-refractivity contribution in [3.8, 4) is 11.5 Å². The van der Waals surface area contributed by atoms with Crippen molar-refractivity contribution in [2.75, 3.05) is 13.7 Å². The summed E-state index contributed by atoms with van der Waals surface area (Å²) >= 11 is 0. The molecule has 1 aromatic carbocycles. The number of ether oxygens (including phenoxy) is 3. The highest BCUT2D eigenvalue weighted by Crippen LogP contribution is 2.28. The van der Waals surface area contributed by atoms with E-state index < -0.39 is 29.3 Å². The van der Waals surface area contributed by atoms with Gasteiger partial charge >= 0.3 is 5.97 Å². The second kappa shape index (κ2) is 13.1. The van der Waals surface area contributed by atoms with E-state index in [2.05, 4.69) is 24.1 Å². The average Bonchev–Trinajstić information content (AvgIpc) is 2.84. The molecule has 2 N–H and O–H groups in total. The molecule has 0 aliphatic heterocycles. The van der Waals surface area contributed by atoms with Crippen LogP contribution in [0.4, 0.5) is 0 Å². The first-order valence-electron chi connectivity index (χ1n) is 12.1. The molecule has 0 unspecified atom stereocenters. The minimum atomic E-state index is -1.37. The smallest absolute Gasteiger partial charge is 0.331 e. The molecule has 1 aromatic heterocycles. The average molecular weight is 487 g/mol. The van der Waals surface area contributed by atoms with Crippen LogP contribution in [0.25, 0.3) is 0 Å². The normalized spacial score (nSPS) is 14.0. The van der Waals surface area contributed by atoms with Crippen molar-refractivity contribution in [3.05, 3.63) is 53.9 Å². The zero-order valence-corrected chi connectivity index (χ0v) is 21.5. The van der Waals surface area contributed by atoms with Crippen molar-refractivity contribution in [3.63, 3.8) is 0 Å². The van der Waals surface area contributed by atoms with Crippen molar-refractivity contribution in [2.24, 2.45) is 5.92 Å². The van der Waals surface area contributed by atoms with Gasteiger partial charge in [0.2, 0.25) is 0 Å². The molecule has 8 nitrogen and oxygen atoms in total. The van der Waals surface area contributed by atoms with Crippen molar-refractivity contribution in [1.29, 1.82) is 0 Å². The van der Waals surface area contributed by atoms with Gasteiger partial charge in [0.15, 0.2) is 17.2 Å². The van der Waals surface area contributed by atoms with E-state index in [1.54, 1.807) is 13.8 Å². The van der Waals surface area contributed by atoms with Crippen LogP contribution < -0.4 is 10.1 Å². The van der Waals surface area contributed by atoms with Gasteiger partial charge in [-0.15, -0.1) is 0 Å². The summed E-state index contributed by atoms with van der Waals surface area (Å²) in [6.07, 6.45) is 3.15. The molecule has 0 saturated carbocycles. The number of nitrogens with zero attached hydrogens (tertiary/aromatic N) is 1. The first-order chi connectivity index (χ1) is 16.6. The van der Waals surface area contributed by atoms with Crippen LogP contribution in [0.15, 0.2) is 42.6 Å². The molecule has 0 radical (unpaired) electrons. The summed E-state index contributed by atoms with van der Waals surface area (Å²) in [5.41, 5.74) is -0.475. The molecule has 1 heterocycles. The fraction of sp³-hybridized carbons (Fsp3) is 0.519. The molecule has 0 saturated heterocycles. The van der Waals surface area contributed by atoms with Gasteiger partial charge in [-0.05, 0) is 45.6 Å². The number of aromatic hydroxyl groups is 1. The Kier molecular flexibility index (Phi) is 10.5. The number of hydrogen-bond acceptors (Lipinski definition) is 7. The lowest BCUT2D eigenvalue weighted by Crippen LogP contribution is -2.52. The van der Waals surface area contributed by atoms with Gasteiger partial charge in [0.1, 0.15) is 11.6 Å². The Bertz CT molecular complexity index is 963. The molecule has 2 aromatic rings. The highest BCUT2D eigenvalue weighted by molar-refractivity contribution is 5.98. The number of amides is 1. The van der Waals surface area contributed by atoms with Gasteiger partial charge in [-0.25, -0.2) is 9.78 Å². The van der Waals surface area contributed by atoms with Crippen molar-refractivity contribution >= 4 is 11.9 Å². The van der Waals surface area contributed by atoms with Crippen LogP contribution >= 0.6 is 0 Å². The Labute approximate surface area is 208 Å². The summed E-state index contributed by atoms with van der Waals surface area (Å²) < 4.78 is 17.0. The van der Waals surface area contributed by atoms with E-state index in [1.165, 1.54) is 19.4 Å². The molecule has 0 fully saturated rings. The predicted molar refractivity (Wildman–Crippen MR) is 134 cm³/mol. The van der Waals surface area contributed by atoms with Crippen LogP contribution in [-0.4, -0.2) is 53.4 Å². The zero-order chi connectivity index (χ0) is 26.0. The first-order valence-corrected chi connectivity index (χ1v) is 12.1. The number of pyridine rings is 1. The van der Waals surface area contributed by atoms with Gasteiger partial charge < -0.3 is 24.6 Å². The summed E-state index contributed by atoms with van der Waals surface area (Å²) in [7, 11) is 1.37. The Morgan fingerprint density at radius 2 is 1.83 bits per heavy atom. The number of carbonyl (C=O) groups is 2. The molecule has 192 valence electrons. The number of esters is 1. The van der Waals surface area contributed by atoms with E-state index in [4.69, 9.17) is 14.2 Å². The van der Waals surface area contributed by atoms with E-state index in [0.29, 0.717) is 13.0 Å². The molecule has 8 heteroatoms. The van der Waals surface area contributed by atoms with Gasteiger partial charge in [-0.2, -0.15) is 0 Å². The van der Waals surface area contributed by atoms with E-state index in [0.717, 1.165) is 18.4 Å². The predicted octanol–water partition coefficient (Wildman–Crippen LogP) is 4.30. The monoisotopic (exact) mass is 486 g/mol.